The minimum atomic E-state index is -1.87. The van der Waals surface area contributed by atoms with Crippen LogP contribution < -0.4 is 5.73 Å². The van der Waals surface area contributed by atoms with Gasteiger partial charge in [-0.3, -0.25) is 14.3 Å². The van der Waals surface area contributed by atoms with Gasteiger partial charge in [0.2, 0.25) is 5.60 Å². The molecule has 2 aromatic heterocycles. The SMILES string of the molecule is CN1CC[C@](O)(C#Cc2cc3c(cc2F)C2CC(C2)n2c-3nc(C(N)=O)c2[C@@H](O)c2ccnn2C)C1=O. The topological polar surface area (TPSA) is 140 Å². The van der Waals surface area contributed by atoms with Crippen molar-refractivity contribution in [2.75, 3.05) is 13.6 Å². The Bertz CT molecular complexity index is 1540. The molecule has 2 bridgehead atoms. The van der Waals surface area contributed by atoms with Crippen molar-refractivity contribution in [3.8, 4) is 23.2 Å². The van der Waals surface area contributed by atoms with E-state index in [1.807, 2.05) is 4.57 Å². The molecule has 1 saturated heterocycles. The molecular formula is C26H25FN6O4. The van der Waals surface area contributed by atoms with Gasteiger partial charge in [-0.1, -0.05) is 11.8 Å². The highest BCUT2D eigenvalue weighted by atomic mass is 19.1. The van der Waals surface area contributed by atoms with Crippen LogP contribution in [0.1, 0.15) is 70.3 Å². The zero-order valence-electron chi connectivity index (χ0n) is 20.3. The summed E-state index contributed by atoms with van der Waals surface area (Å²) in [5.41, 5.74) is 5.80. The Morgan fingerprint density at radius 1 is 1.32 bits per heavy atom. The second-order valence-electron chi connectivity index (χ2n) is 10.0. The lowest BCUT2D eigenvalue weighted by atomic mass is 9.75. The van der Waals surface area contributed by atoms with E-state index >= 15 is 4.39 Å². The molecule has 1 aromatic carbocycles. The summed E-state index contributed by atoms with van der Waals surface area (Å²) in [6.45, 7) is 0.356. The number of amides is 2. The second-order valence-corrected chi connectivity index (χ2v) is 10.0. The predicted molar refractivity (Wildman–Crippen MR) is 129 cm³/mol. The third-order valence-corrected chi connectivity index (χ3v) is 7.79. The molecule has 1 saturated carbocycles. The van der Waals surface area contributed by atoms with E-state index in [0.29, 0.717) is 36.5 Å². The first-order valence-electron chi connectivity index (χ1n) is 12.0. The Morgan fingerprint density at radius 2 is 2.08 bits per heavy atom. The molecule has 37 heavy (non-hydrogen) atoms. The standard InChI is InChI=1S/C26H25FN6O4/c1-31-8-6-26(37,25(31)36)5-3-13-11-17-16(12-18(13)27)14-9-15(10-14)33-21(20(23(28)35)30-24(17)33)22(34)19-4-7-29-32(19)2/h4,7,11-12,14-15,22,34,37H,6,8-10H2,1-2H3,(H2,28,35)/t14?,15?,22-,26+/m0/s1. The fourth-order valence-electron chi connectivity index (χ4n) is 5.65. The number of nitrogens with two attached hydrogens (primary N) is 1. The van der Waals surface area contributed by atoms with Gasteiger partial charge in [-0.25, -0.2) is 9.37 Å². The predicted octanol–water partition coefficient (Wildman–Crippen LogP) is 0.980. The number of aryl methyl sites for hydroxylation is 1. The fraction of sp³-hybridized carbons (Fsp3) is 0.385. The first kappa shape index (κ1) is 23.4. The minimum absolute atomic E-state index is 0.00228. The van der Waals surface area contributed by atoms with Gasteiger partial charge in [-0.2, -0.15) is 5.10 Å². The number of hydrogen-bond donors (Lipinski definition) is 3. The van der Waals surface area contributed by atoms with E-state index in [1.165, 1.54) is 21.7 Å². The average Bonchev–Trinajstić information content (AvgIpc) is 3.46. The number of halogens is 1. The highest BCUT2D eigenvalue weighted by molar-refractivity contribution is 5.93. The Labute approximate surface area is 211 Å². The quantitative estimate of drug-likeness (QED) is 0.455. The molecule has 11 heteroatoms. The normalized spacial score (nSPS) is 24.5. The zero-order chi connectivity index (χ0) is 26.2. The Kier molecular flexibility index (Phi) is 5.05. The molecule has 2 amide bonds. The van der Waals surface area contributed by atoms with Gasteiger partial charge < -0.3 is 25.4 Å². The van der Waals surface area contributed by atoms with Crippen LogP contribution in [0, 0.1) is 17.7 Å². The first-order valence-corrected chi connectivity index (χ1v) is 12.0. The van der Waals surface area contributed by atoms with Crippen molar-refractivity contribution in [1.29, 1.82) is 0 Å². The molecule has 4 N–H and O–H groups in total. The third kappa shape index (κ3) is 3.40. The number of likely N-dealkylation sites (N-methyl/N-ethyl adjacent to an activating group) is 1. The van der Waals surface area contributed by atoms with Crippen LogP contribution in [0.3, 0.4) is 0 Å². The number of nitrogens with zero attached hydrogens (tertiary/aromatic N) is 5. The molecule has 0 radical (unpaired) electrons. The maximum Gasteiger partial charge on any atom is 0.269 e. The molecule has 7 rings (SSSR count). The molecule has 10 nitrogen and oxygen atoms in total. The van der Waals surface area contributed by atoms with Crippen LogP contribution in [0.5, 0.6) is 0 Å². The van der Waals surface area contributed by atoms with Gasteiger partial charge in [0.25, 0.3) is 11.8 Å². The van der Waals surface area contributed by atoms with E-state index in [-0.39, 0.29) is 35.3 Å². The number of imidazole rings is 1. The van der Waals surface area contributed by atoms with E-state index in [9.17, 15) is 19.8 Å². The smallest absolute Gasteiger partial charge is 0.269 e. The van der Waals surface area contributed by atoms with E-state index < -0.39 is 29.3 Å². The summed E-state index contributed by atoms with van der Waals surface area (Å²) in [6, 6.07) is 4.54. The summed E-state index contributed by atoms with van der Waals surface area (Å²) in [5.74, 6) is 3.81. The number of hydrogen-bond acceptors (Lipinski definition) is 6. The van der Waals surface area contributed by atoms with E-state index in [1.54, 1.807) is 26.4 Å². The number of aliphatic hydroxyl groups is 2. The molecule has 3 aromatic rings. The van der Waals surface area contributed by atoms with Crippen LogP contribution >= 0.6 is 0 Å². The largest absolute Gasteiger partial charge is 0.380 e. The lowest BCUT2D eigenvalue weighted by Crippen LogP contribution is -2.37. The van der Waals surface area contributed by atoms with Crippen LogP contribution in [-0.2, 0) is 11.8 Å². The molecule has 190 valence electrons. The summed E-state index contributed by atoms with van der Waals surface area (Å²) < 4.78 is 18.5. The fourth-order valence-corrected chi connectivity index (χ4v) is 5.65. The summed E-state index contributed by atoms with van der Waals surface area (Å²) >= 11 is 0. The van der Waals surface area contributed by atoms with Gasteiger partial charge >= 0.3 is 0 Å². The molecule has 4 aliphatic rings. The van der Waals surface area contributed by atoms with Gasteiger partial charge in [0, 0.05) is 44.9 Å². The van der Waals surface area contributed by atoms with Gasteiger partial charge in [-0.15, -0.1) is 0 Å². The summed E-state index contributed by atoms with van der Waals surface area (Å²) in [7, 11) is 3.26. The monoisotopic (exact) mass is 504 g/mol. The number of carbonyl (C=O) groups excluding carboxylic acids is 2. The highest BCUT2D eigenvalue weighted by Crippen LogP contribution is 2.54. The summed E-state index contributed by atoms with van der Waals surface area (Å²) in [6.07, 6.45) is 1.84. The molecule has 1 aliphatic carbocycles. The average molecular weight is 505 g/mol. The first-order chi connectivity index (χ1) is 17.6. The molecular weight excluding hydrogens is 479 g/mol. The second kappa shape index (κ2) is 7.99. The number of aromatic nitrogens is 4. The number of aliphatic hydroxyl groups excluding tert-OH is 1. The van der Waals surface area contributed by atoms with Crippen LogP contribution in [0.2, 0.25) is 0 Å². The van der Waals surface area contributed by atoms with E-state index in [2.05, 4.69) is 21.9 Å². The minimum Gasteiger partial charge on any atom is -0.380 e. The van der Waals surface area contributed by atoms with Gasteiger partial charge in [-0.05, 0) is 42.5 Å². The number of likely N-dealkylation sites (tertiary alicyclic amines) is 1. The maximum atomic E-state index is 15.2. The number of primary amides is 1. The third-order valence-electron chi connectivity index (χ3n) is 7.79. The number of benzene rings is 1. The van der Waals surface area contributed by atoms with Crippen molar-refractivity contribution >= 4 is 11.8 Å². The lowest BCUT2D eigenvalue weighted by molar-refractivity contribution is -0.137. The molecule has 2 atom stereocenters. The number of carbonyl (C=O) groups is 2. The van der Waals surface area contributed by atoms with Crippen molar-refractivity contribution in [3.63, 3.8) is 0 Å². The van der Waals surface area contributed by atoms with Crippen LogP contribution in [0.15, 0.2) is 24.4 Å². The van der Waals surface area contributed by atoms with Crippen LogP contribution in [-0.4, -0.2) is 65.5 Å². The van der Waals surface area contributed by atoms with Crippen LogP contribution in [0.4, 0.5) is 4.39 Å². The maximum absolute atomic E-state index is 15.2. The zero-order valence-corrected chi connectivity index (χ0v) is 20.3. The molecule has 3 aliphatic heterocycles. The van der Waals surface area contributed by atoms with Gasteiger partial charge in [0.15, 0.2) is 5.69 Å². The van der Waals surface area contributed by atoms with E-state index in [4.69, 9.17) is 5.73 Å². The Balaban J connectivity index is 1.52. The van der Waals surface area contributed by atoms with Crippen molar-refractivity contribution in [2.45, 2.75) is 42.9 Å². The molecule has 2 fully saturated rings. The van der Waals surface area contributed by atoms with Gasteiger partial charge in [0.1, 0.15) is 17.7 Å². The van der Waals surface area contributed by atoms with Crippen molar-refractivity contribution in [3.05, 3.63) is 58.4 Å². The summed E-state index contributed by atoms with van der Waals surface area (Å²) in [4.78, 5) is 30.7. The summed E-state index contributed by atoms with van der Waals surface area (Å²) in [5, 5.41) is 26.1. The van der Waals surface area contributed by atoms with E-state index in [0.717, 1.165) is 5.56 Å². The van der Waals surface area contributed by atoms with Crippen molar-refractivity contribution in [1.82, 2.24) is 24.2 Å². The number of rotatable bonds is 3. The highest BCUT2D eigenvalue weighted by Gasteiger charge is 2.44. The molecule has 5 heterocycles. The van der Waals surface area contributed by atoms with Crippen molar-refractivity contribution < 1.29 is 24.2 Å². The molecule has 0 unspecified atom stereocenters. The van der Waals surface area contributed by atoms with Crippen molar-refractivity contribution in [2.24, 2.45) is 12.8 Å². The van der Waals surface area contributed by atoms with Gasteiger partial charge in [0.05, 0.1) is 17.0 Å². The molecule has 0 spiro atoms. The Morgan fingerprint density at radius 3 is 2.70 bits per heavy atom. The van der Waals surface area contributed by atoms with Crippen LogP contribution in [0.25, 0.3) is 11.4 Å². The lowest BCUT2D eigenvalue weighted by Gasteiger charge is -2.36. The Hall–Kier alpha value is -4.01.